The van der Waals surface area contributed by atoms with E-state index in [2.05, 4.69) is 0 Å². The van der Waals surface area contributed by atoms with E-state index in [1.807, 2.05) is 0 Å². The van der Waals surface area contributed by atoms with Gasteiger partial charge in [0.15, 0.2) is 0 Å². The number of anilines is 1. The van der Waals surface area contributed by atoms with Crippen LogP contribution in [-0.2, 0) is 16.0 Å². The maximum Gasteiger partial charge on any atom is 0.306 e. The first-order valence-corrected chi connectivity index (χ1v) is 4.90. The fourth-order valence-electron chi connectivity index (χ4n) is 0.891. The highest BCUT2D eigenvalue weighted by Crippen LogP contribution is 2.15. The molecule has 0 aromatic heterocycles. The third-order valence-corrected chi connectivity index (χ3v) is 2.05. The smallest absolute Gasteiger partial charge is 0.306 e. The first-order chi connectivity index (χ1) is 5.88. The summed E-state index contributed by atoms with van der Waals surface area (Å²) in [5.74, 6) is -1.76. The zero-order chi connectivity index (χ0) is 10.1. The maximum atomic E-state index is 12.8. The molecule has 1 rings (SSSR count). The molecule has 2 N–H and O–H groups in total. The van der Waals surface area contributed by atoms with E-state index in [1.54, 1.807) is 0 Å². The Morgan fingerprint density at radius 2 is 2.00 bits per heavy atom. The third-order valence-electron chi connectivity index (χ3n) is 1.40. The second-order valence-electron chi connectivity index (χ2n) is 2.53. The molecule has 0 bridgehead atoms. The van der Waals surface area contributed by atoms with Gasteiger partial charge < -0.3 is 5.73 Å². The lowest BCUT2D eigenvalue weighted by molar-refractivity contribution is 0.547. The summed E-state index contributed by atoms with van der Waals surface area (Å²) >= 11 is 0. The van der Waals surface area contributed by atoms with Crippen molar-refractivity contribution in [2.24, 2.45) is 0 Å². The molecule has 0 saturated heterocycles. The first-order valence-electron chi connectivity index (χ1n) is 3.35. The summed E-state index contributed by atoms with van der Waals surface area (Å²) in [4.78, 5) is 0. The predicted octanol–water partition coefficient (Wildman–Crippen LogP) is 1.21. The van der Waals surface area contributed by atoms with E-state index in [9.17, 15) is 16.7 Å². The van der Waals surface area contributed by atoms with Crippen molar-refractivity contribution in [3.05, 3.63) is 29.6 Å². The standard InChI is InChI=1S/C7H7F2NO2S/c8-7-2-1-6(10)3-5(7)4-13(9,11)12/h1-3H,4,10H2. The van der Waals surface area contributed by atoms with Crippen LogP contribution >= 0.6 is 0 Å². The normalized spacial score (nSPS) is 11.5. The van der Waals surface area contributed by atoms with Crippen molar-refractivity contribution in [3.8, 4) is 0 Å². The summed E-state index contributed by atoms with van der Waals surface area (Å²) in [6, 6.07) is 3.35. The molecule has 0 saturated carbocycles. The van der Waals surface area contributed by atoms with Gasteiger partial charge in [-0.1, -0.05) is 0 Å². The number of rotatable bonds is 2. The summed E-state index contributed by atoms with van der Waals surface area (Å²) < 4.78 is 45.3. The summed E-state index contributed by atoms with van der Waals surface area (Å²) in [6.45, 7) is 0. The lowest BCUT2D eigenvalue weighted by Gasteiger charge is -2.00. The van der Waals surface area contributed by atoms with Crippen LogP contribution in [0.4, 0.5) is 14.0 Å². The molecule has 0 fully saturated rings. The van der Waals surface area contributed by atoms with Crippen LogP contribution in [0, 0.1) is 5.82 Å². The molecule has 0 aliphatic carbocycles. The minimum Gasteiger partial charge on any atom is -0.399 e. The minimum atomic E-state index is -4.71. The van der Waals surface area contributed by atoms with Crippen LogP contribution < -0.4 is 5.73 Å². The molecule has 6 heteroatoms. The van der Waals surface area contributed by atoms with Crippen LogP contribution in [0.3, 0.4) is 0 Å². The molecule has 0 unspecified atom stereocenters. The van der Waals surface area contributed by atoms with Crippen LogP contribution in [0.15, 0.2) is 18.2 Å². The van der Waals surface area contributed by atoms with Crippen molar-refractivity contribution in [1.29, 1.82) is 0 Å². The van der Waals surface area contributed by atoms with Crippen LogP contribution in [-0.4, -0.2) is 8.42 Å². The van der Waals surface area contributed by atoms with Crippen LogP contribution in [0.5, 0.6) is 0 Å². The molecular weight excluding hydrogens is 200 g/mol. The third kappa shape index (κ3) is 2.98. The number of hydrogen-bond acceptors (Lipinski definition) is 3. The molecule has 0 amide bonds. The van der Waals surface area contributed by atoms with E-state index in [-0.39, 0.29) is 11.3 Å². The molecule has 72 valence electrons. The van der Waals surface area contributed by atoms with Gasteiger partial charge in [0.05, 0.1) is 0 Å². The highest BCUT2D eigenvalue weighted by molar-refractivity contribution is 7.85. The number of hydrogen-bond donors (Lipinski definition) is 1. The van der Waals surface area contributed by atoms with E-state index in [0.29, 0.717) is 0 Å². The molecule has 0 radical (unpaired) electrons. The molecule has 0 atom stereocenters. The van der Waals surface area contributed by atoms with Crippen molar-refractivity contribution in [1.82, 2.24) is 0 Å². The van der Waals surface area contributed by atoms with E-state index < -0.39 is 21.8 Å². The van der Waals surface area contributed by atoms with E-state index in [4.69, 9.17) is 5.73 Å². The van der Waals surface area contributed by atoms with E-state index in [1.165, 1.54) is 6.07 Å². The van der Waals surface area contributed by atoms with Gasteiger partial charge in [-0.15, -0.1) is 3.89 Å². The zero-order valence-corrected chi connectivity index (χ0v) is 7.31. The van der Waals surface area contributed by atoms with Crippen LogP contribution in [0.2, 0.25) is 0 Å². The highest BCUT2D eigenvalue weighted by Gasteiger charge is 2.12. The molecule has 13 heavy (non-hydrogen) atoms. The van der Waals surface area contributed by atoms with E-state index in [0.717, 1.165) is 12.1 Å². The topological polar surface area (TPSA) is 60.2 Å². The van der Waals surface area contributed by atoms with Gasteiger partial charge in [-0.25, -0.2) is 4.39 Å². The number of nitrogen functional groups attached to an aromatic ring is 1. The molecular formula is C7H7F2NO2S. The lowest BCUT2D eigenvalue weighted by Crippen LogP contribution is -2.00. The average molecular weight is 207 g/mol. The molecule has 1 aromatic rings. The van der Waals surface area contributed by atoms with Gasteiger partial charge in [0, 0.05) is 11.3 Å². The van der Waals surface area contributed by atoms with Gasteiger partial charge in [-0.2, -0.15) is 8.42 Å². The fourth-order valence-corrected chi connectivity index (χ4v) is 1.48. The van der Waals surface area contributed by atoms with Crippen molar-refractivity contribution < 1.29 is 16.7 Å². The molecule has 0 aliphatic heterocycles. The monoisotopic (exact) mass is 207 g/mol. The molecule has 3 nitrogen and oxygen atoms in total. The Hall–Kier alpha value is -1.17. The fraction of sp³-hybridized carbons (Fsp3) is 0.143. The Kier molecular flexibility index (Phi) is 2.51. The Morgan fingerprint density at radius 1 is 1.38 bits per heavy atom. The molecule has 0 aliphatic rings. The largest absolute Gasteiger partial charge is 0.399 e. The molecule has 1 aromatic carbocycles. The van der Waals surface area contributed by atoms with Crippen molar-refractivity contribution in [3.63, 3.8) is 0 Å². The predicted molar refractivity (Wildman–Crippen MR) is 44.5 cm³/mol. The summed E-state index contributed by atoms with van der Waals surface area (Å²) in [7, 11) is -4.71. The number of benzene rings is 1. The Bertz CT molecular complexity index is 417. The SMILES string of the molecule is Nc1ccc(F)c(CS(=O)(=O)F)c1. The molecule has 0 spiro atoms. The second kappa shape index (κ2) is 3.29. The Labute approximate surface area is 74.4 Å². The van der Waals surface area contributed by atoms with Crippen molar-refractivity contribution in [2.45, 2.75) is 5.75 Å². The summed E-state index contributed by atoms with van der Waals surface area (Å²) in [5.41, 5.74) is 5.20. The van der Waals surface area contributed by atoms with Crippen LogP contribution in [0.1, 0.15) is 5.56 Å². The highest BCUT2D eigenvalue weighted by atomic mass is 32.3. The van der Waals surface area contributed by atoms with Gasteiger partial charge in [0.1, 0.15) is 11.6 Å². The number of nitrogens with two attached hydrogens (primary N) is 1. The Morgan fingerprint density at radius 3 is 2.54 bits per heavy atom. The van der Waals surface area contributed by atoms with Crippen molar-refractivity contribution >= 4 is 15.9 Å². The average Bonchev–Trinajstić information content (AvgIpc) is 1.94. The second-order valence-corrected chi connectivity index (χ2v) is 3.90. The minimum absolute atomic E-state index is 0.194. The van der Waals surface area contributed by atoms with Gasteiger partial charge in [-0.05, 0) is 18.2 Å². The zero-order valence-electron chi connectivity index (χ0n) is 6.50. The Balaban J connectivity index is 3.08. The van der Waals surface area contributed by atoms with E-state index >= 15 is 0 Å². The van der Waals surface area contributed by atoms with Gasteiger partial charge in [0.2, 0.25) is 0 Å². The van der Waals surface area contributed by atoms with Gasteiger partial charge in [0.25, 0.3) is 0 Å². The van der Waals surface area contributed by atoms with Crippen LogP contribution in [0.25, 0.3) is 0 Å². The lowest BCUT2D eigenvalue weighted by atomic mass is 10.2. The van der Waals surface area contributed by atoms with Gasteiger partial charge in [-0.3, -0.25) is 0 Å². The van der Waals surface area contributed by atoms with Crippen molar-refractivity contribution in [2.75, 3.05) is 5.73 Å². The number of halogens is 2. The van der Waals surface area contributed by atoms with Gasteiger partial charge >= 0.3 is 10.2 Å². The molecule has 0 heterocycles. The quantitative estimate of drug-likeness (QED) is 0.585. The first kappa shape index (κ1) is 9.91. The summed E-state index contributed by atoms with van der Waals surface area (Å²) in [5, 5.41) is 0. The maximum absolute atomic E-state index is 12.8. The summed E-state index contributed by atoms with van der Waals surface area (Å²) in [6.07, 6.45) is 0.